The first kappa shape index (κ1) is 29.8. The normalized spacial score (nSPS) is 17.7. The number of nitrogens with one attached hydrogen (secondary N) is 2. The first-order valence-electron chi connectivity index (χ1n) is 16.1. The maximum Gasteiger partial charge on any atom is 0.249 e. The van der Waals surface area contributed by atoms with Crippen LogP contribution in [-0.4, -0.2) is 50.6 Å². The summed E-state index contributed by atoms with van der Waals surface area (Å²) in [5, 5.41) is 11.5. The number of imide groups is 1. The molecule has 234 valence electrons. The molecule has 5 aromatic rings. The maximum atomic E-state index is 12.1. The van der Waals surface area contributed by atoms with Crippen LogP contribution in [0.5, 0.6) is 0 Å². The van der Waals surface area contributed by atoms with E-state index in [1.165, 1.54) is 16.7 Å². The fourth-order valence-electron chi connectivity index (χ4n) is 6.72. The predicted octanol–water partition coefficient (Wildman–Crippen LogP) is 5.45. The second-order valence-electron chi connectivity index (χ2n) is 12.5. The number of aryl methyl sites for hydroxylation is 1. The summed E-state index contributed by atoms with van der Waals surface area (Å²) >= 11 is 0. The molecule has 1 atom stereocenters. The van der Waals surface area contributed by atoms with E-state index in [1.807, 2.05) is 29.1 Å². The fraction of sp³-hybridized carbons (Fsp3) is 0.297. The quantitative estimate of drug-likeness (QED) is 0.199. The summed E-state index contributed by atoms with van der Waals surface area (Å²) in [7, 11) is 0. The lowest BCUT2D eigenvalue weighted by Gasteiger charge is -2.32. The van der Waals surface area contributed by atoms with Gasteiger partial charge < -0.3 is 11.1 Å². The number of carbonyl (C=O) groups excluding carboxylic acids is 2. The Labute approximate surface area is 268 Å². The molecule has 2 aromatic heterocycles. The predicted molar refractivity (Wildman–Crippen MR) is 180 cm³/mol. The second kappa shape index (κ2) is 12.9. The highest BCUT2D eigenvalue weighted by atomic mass is 16.2. The molecular weight excluding hydrogens is 574 g/mol. The lowest BCUT2D eigenvalue weighted by molar-refractivity contribution is -0.133. The molecule has 2 aliphatic heterocycles. The van der Waals surface area contributed by atoms with Crippen LogP contribution in [0.15, 0.2) is 85.2 Å². The van der Waals surface area contributed by atoms with Gasteiger partial charge in [-0.3, -0.25) is 19.8 Å². The molecule has 1 unspecified atom stereocenters. The van der Waals surface area contributed by atoms with E-state index in [0.29, 0.717) is 25.3 Å². The number of likely N-dealkylation sites (tertiary alicyclic amines) is 1. The van der Waals surface area contributed by atoms with Gasteiger partial charge in [-0.05, 0) is 109 Å². The largest absolute Gasteiger partial charge is 0.374 e. The number of anilines is 1. The minimum absolute atomic E-state index is 0.196. The Morgan fingerprint density at radius 3 is 2.46 bits per heavy atom. The summed E-state index contributed by atoms with van der Waals surface area (Å²) in [5.74, 6) is 0.0837. The van der Waals surface area contributed by atoms with E-state index in [0.717, 1.165) is 71.6 Å². The Morgan fingerprint density at radius 2 is 1.74 bits per heavy atom. The minimum Gasteiger partial charge on any atom is -0.374 e. The zero-order valence-electron chi connectivity index (χ0n) is 26.1. The van der Waals surface area contributed by atoms with Crippen molar-refractivity contribution in [3.8, 4) is 16.8 Å². The number of benzene rings is 3. The van der Waals surface area contributed by atoms with Gasteiger partial charge in [0.25, 0.3) is 0 Å². The molecule has 2 amide bonds. The number of nitrogens with two attached hydrogens (primary N) is 1. The summed E-state index contributed by atoms with van der Waals surface area (Å²) in [6, 6.07) is 25.2. The number of piperidine rings is 2. The number of hydrogen-bond acceptors (Lipinski definition) is 7. The Morgan fingerprint density at radius 1 is 0.957 bits per heavy atom. The Hall–Kier alpha value is -4.86. The van der Waals surface area contributed by atoms with E-state index in [1.54, 1.807) is 0 Å². The van der Waals surface area contributed by atoms with E-state index in [4.69, 9.17) is 10.8 Å². The van der Waals surface area contributed by atoms with Crippen molar-refractivity contribution in [3.05, 3.63) is 107 Å². The number of fused-ring (bicyclic) bond motifs is 1. The number of pyridine rings is 1. The summed E-state index contributed by atoms with van der Waals surface area (Å²) < 4.78 is 1.92. The smallest absolute Gasteiger partial charge is 0.249 e. The first-order valence-corrected chi connectivity index (χ1v) is 16.1. The molecule has 7 rings (SSSR count). The summed E-state index contributed by atoms with van der Waals surface area (Å²) in [6.45, 7) is 5.66. The van der Waals surface area contributed by atoms with Gasteiger partial charge in [0.15, 0.2) is 5.65 Å². The lowest BCUT2D eigenvalue weighted by Crippen LogP contribution is -2.47. The Kier molecular flexibility index (Phi) is 8.34. The van der Waals surface area contributed by atoms with Crippen LogP contribution in [0.25, 0.3) is 27.8 Å². The average Bonchev–Trinajstić information content (AvgIpc) is 3.52. The monoisotopic (exact) mass is 613 g/mol. The van der Waals surface area contributed by atoms with Gasteiger partial charge in [-0.2, -0.15) is 0 Å². The topological polar surface area (TPSA) is 118 Å². The van der Waals surface area contributed by atoms with Crippen LogP contribution < -0.4 is 16.4 Å². The molecule has 2 aliphatic rings. The molecule has 0 saturated carbocycles. The molecule has 2 saturated heterocycles. The van der Waals surface area contributed by atoms with Gasteiger partial charge in [0.2, 0.25) is 11.8 Å². The van der Waals surface area contributed by atoms with Gasteiger partial charge >= 0.3 is 0 Å². The molecule has 2 fully saturated rings. The van der Waals surface area contributed by atoms with Crippen LogP contribution in [0.1, 0.15) is 53.9 Å². The zero-order chi connectivity index (χ0) is 31.6. The van der Waals surface area contributed by atoms with Gasteiger partial charge in [0, 0.05) is 43.0 Å². The van der Waals surface area contributed by atoms with Gasteiger partial charge in [-0.15, -0.1) is 5.10 Å². The molecule has 0 bridgehead atoms. The van der Waals surface area contributed by atoms with Gasteiger partial charge in [-0.25, -0.2) is 9.67 Å². The third kappa shape index (κ3) is 6.29. The van der Waals surface area contributed by atoms with Crippen molar-refractivity contribution in [2.75, 3.05) is 18.4 Å². The van der Waals surface area contributed by atoms with Crippen LogP contribution in [0.3, 0.4) is 0 Å². The van der Waals surface area contributed by atoms with Crippen molar-refractivity contribution in [3.63, 3.8) is 0 Å². The first-order chi connectivity index (χ1) is 22.4. The Balaban J connectivity index is 0.953. The van der Waals surface area contributed by atoms with Crippen LogP contribution >= 0.6 is 0 Å². The van der Waals surface area contributed by atoms with E-state index < -0.39 is 0 Å². The molecule has 9 heteroatoms. The SMILES string of the molecule is Cc1cc(-c2ccnc3nn(-c4ccc(CN5CCC(c6ccc(NC7CCC(=O)NC7=O)cc6)CC5)cc4)cc23)ccc1CN. The minimum atomic E-state index is -0.361. The molecule has 4 N–H and O–H groups in total. The van der Waals surface area contributed by atoms with E-state index >= 15 is 0 Å². The van der Waals surface area contributed by atoms with Crippen LogP contribution in [0.4, 0.5) is 5.69 Å². The summed E-state index contributed by atoms with van der Waals surface area (Å²) in [6.07, 6.45) is 7.02. The van der Waals surface area contributed by atoms with Crippen LogP contribution in [0.2, 0.25) is 0 Å². The molecular formula is C37H39N7O2. The Bertz CT molecular complexity index is 1870. The number of hydrogen-bond donors (Lipinski definition) is 3. The standard InChI is InChI=1S/C37H39N7O2/c1-24-20-28(4-5-29(24)21-38)32-14-17-39-36-33(32)23-44(42-36)31-10-2-25(3-11-31)22-43-18-15-27(16-19-43)26-6-8-30(9-7-26)40-34-12-13-35(45)41-37(34)46/h2-11,14,17,20,23,27,34,40H,12-13,15-16,18-19,21-22,38H2,1H3,(H,41,45,46). The summed E-state index contributed by atoms with van der Waals surface area (Å²) in [5.41, 5.74) is 15.7. The third-order valence-electron chi connectivity index (χ3n) is 9.45. The highest BCUT2D eigenvalue weighted by Crippen LogP contribution is 2.31. The van der Waals surface area contributed by atoms with Crippen molar-refractivity contribution in [1.29, 1.82) is 0 Å². The highest BCUT2D eigenvalue weighted by molar-refractivity contribution is 6.01. The highest BCUT2D eigenvalue weighted by Gasteiger charge is 2.26. The fourth-order valence-corrected chi connectivity index (χ4v) is 6.72. The van der Waals surface area contributed by atoms with Gasteiger partial charge in [0.1, 0.15) is 6.04 Å². The molecule has 0 aliphatic carbocycles. The molecule has 0 radical (unpaired) electrons. The van der Waals surface area contributed by atoms with Crippen LogP contribution in [0, 0.1) is 6.92 Å². The molecule has 0 spiro atoms. The summed E-state index contributed by atoms with van der Waals surface area (Å²) in [4.78, 5) is 30.5. The van der Waals surface area contributed by atoms with E-state index in [-0.39, 0.29) is 17.9 Å². The number of carbonyl (C=O) groups is 2. The number of aromatic nitrogens is 3. The van der Waals surface area contributed by atoms with Crippen molar-refractivity contribution < 1.29 is 9.59 Å². The maximum absolute atomic E-state index is 12.1. The average molecular weight is 614 g/mol. The van der Waals surface area contributed by atoms with E-state index in [2.05, 4.69) is 88.2 Å². The number of nitrogens with zero attached hydrogens (tertiary/aromatic N) is 4. The van der Waals surface area contributed by atoms with Gasteiger partial charge in [0.05, 0.1) is 5.69 Å². The third-order valence-corrected chi connectivity index (χ3v) is 9.45. The molecule has 3 aromatic carbocycles. The van der Waals surface area contributed by atoms with Gasteiger partial charge in [-0.1, -0.05) is 42.5 Å². The van der Waals surface area contributed by atoms with E-state index in [9.17, 15) is 9.59 Å². The number of amides is 2. The number of rotatable bonds is 8. The second-order valence-corrected chi connectivity index (χ2v) is 12.5. The van der Waals surface area contributed by atoms with Crippen molar-refractivity contribution >= 4 is 28.5 Å². The molecule has 9 nitrogen and oxygen atoms in total. The van der Waals surface area contributed by atoms with Crippen molar-refractivity contribution in [2.24, 2.45) is 5.73 Å². The van der Waals surface area contributed by atoms with Crippen LogP contribution in [-0.2, 0) is 22.7 Å². The zero-order valence-corrected chi connectivity index (χ0v) is 26.1. The molecule has 46 heavy (non-hydrogen) atoms. The lowest BCUT2D eigenvalue weighted by atomic mass is 9.89. The van der Waals surface area contributed by atoms with Crippen molar-refractivity contribution in [2.45, 2.75) is 57.7 Å². The van der Waals surface area contributed by atoms with Crippen molar-refractivity contribution in [1.82, 2.24) is 25.0 Å². The molecule has 4 heterocycles.